The first-order valence-corrected chi connectivity index (χ1v) is 8.53. The van der Waals surface area contributed by atoms with E-state index in [2.05, 4.69) is 19.2 Å². The van der Waals surface area contributed by atoms with Gasteiger partial charge in [-0.05, 0) is 34.6 Å². The summed E-state index contributed by atoms with van der Waals surface area (Å²) in [6.45, 7) is 4.40. The lowest BCUT2D eigenvalue weighted by molar-refractivity contribution is 0.132. The Labute approximate surface area is 148 Å². The smallest absolute Gasteiger partial charge is 0.444 e. The molecule has 0 aromatic heterocycles. The van der Waals surface area contributed by atoms with Gasteiger partial charge in [0.25, 0.3) is 0 Å². The number of benzene rings is 2. The molecule has 0 saturated heterocycles. The fourth-order valence-corrected chi connectivity index (χ4v) is 2.94. The molecule has 0 saturated carbocycles. The van der Waals surface area contributed by atoms with E-state index in [0.29, 0.717) is 17.1 Å². The molecule has 130 valence electrons. The van der Waals surface area contributed by atoms with Crippen LogP contribution in [0.15, 0.2) is 48.5 Å². The number of ether oxygens (including phenoxy) is 1. The molecule has 0 radical (unpaired) electrons. The first-order chi connectivity index (χ1) is 12.1. The van der Waals surface area contributed by atoms with Crippen molar-refractivity contribution in [3.63, 3.8) is 0 Å². The van der Waals surface area contributed by atoms with Crippen molar-refractivity contribution in [3.05, 3.63) is 59.7 Å². The summed E-state index contributed by atoms with van der Waals surface area (Å²) in [5, 5.41) is 12.8. The molecule has 2 unspecified atom stereocenters. The molecular formula is C19H22BNO4. The van der Waals surface area contributed by atoms with Crippen LogP contribution >= 0.6 is 0 Å². The van der Waals surface area contributed by atoms with E-state index < -0.39 is 13.2 Å². The quantitative estimate of drug-likeness (QED) is 0.821. The third-order valence-electron chi connectivity index (χ3n) is 4.55. The standard InChI is InChI=1S/C19H22BNO4/c1-3-13(2)18-16-10-9-15(11-17(16)20(23)25-18)21-19(22)24-12-14-7-5-4-6-8-14/h4-11,13,18,23H,3,12H2,1-2H3,(H,21,22). The summed E-state index contributed by atoms with van der Waals surface area (Å²) in [5.41, 5.74) is 3.17. The molecular weight excluding hydrogens is 317 g/mol. The fraction of sp³-hybridized carbons (Fsp3) is 0.316. The molecule has 0 spiro atoms. The number of hydrogen-bond donors (Lipinski definition) is 2. The lowest BCUT2D eigenvalue weighted by Crippen LogP contribution is -2.28. The zero-order valence-electron chi connectivity index (χ0n) is 14.4. The Hall–Kier alpha value is -2.31. The Kier molecular flexibility index (Phi) is 5.41. The van der Waals surface area contributed by atoms with Crippen molar-refractivity contribution in [2.75, 3.05) is 5.32 Å². The second kappa shape index (κ2) is 7.72. The first-order valence-electron chi connectivity index (χ1n) is 8.53. The molecule has 0 bridgehead atoms. The van der Waals surface area contributed by atoms with Crippen molar-refractivity contribution in [3.8, 4) is 0 Å². The van der Waals surface area contributed by atoms with Crippen molar-refractivity contribution in [2.24, 2.45) is 5.92 Å². The minimum atomic E-state index is -0.962. The van der Waals surface area contributed by atoms with E-state index in [1.807, 2.05) is 36.4 Å². The minimum absolute atomic E-state index is 0.117. The highest BCUT2D eigenvalue weighted by molar-refractivity contribution is 6.62. The van der Waals surface area contributed by atoms with E-state index in [-0.39, 0.29) is 12.7 Å². The lowest BCUT2D eigenvalue weighted by atomic mass is 9.78. The normalized spacial score (nSPS) is 17.1. The van der Waals surface area contributed by atoms with Gasteiger partial charge in [0.2, 0.25) is 0 Å². The molecule has 1 heterocycles. The average molecular weight is 339 g/mol. The third kappa shape index (κ3) is 4.03. The third-order valence-corrected chi connectivity index (χ3v) is 4.55. The van der Waals surface area contributed by atoms with Gasteiger partial charge in [-0.3, -0.25) is 5.32 Å². The fourth-order valence-electron chi connectivity index (χ4n) is 2.94. The van der Waals surface area contributed by atoms with Crippen LogP contribution in [-0.2, 0) is 16.0 Å². The number of fused-ring (bicyclic) bond motifs is 1. The van der Waals surface area contributed by atoms with Crippen molar-refractivity contribution in [1.29, 1.82) is 0 Å². The summed E-state index contributed by atoms with van der Waals surface area (Å²) in [5.74, 6) is 0.311. The number of carbonyl (C=O) groups is 1. The van der Waals surface area contributed by atoms with E-state index >= 15 is 0 Å². The van der Waals surface area contributed by atoms with Crippen LogP contribution in [0.1, 0.15) is 37.5 Å². The van der Waals surface area contributed by atoms with Gasteiger partial charge in [0.05, 0.1) is 6.10 Å². The van der Waals surface area contributed by atoms with Crippen LogP contribution in [0.25, 0.3) is 0 Å². The van der Waals surface area contributed by atoms with Gasteiger partial charge < -0.3 is 14.4 Å². The van der Waals surface area contributed by atoms with E-state index in [0.717, 1.165) is 17.5 Å². The zero-order chi connectivity index (χ0) is 17.8. The molecule has 5 nitrogen and oxygen atoms in total. The number of hydrogen-bond acceptors (Lipinski definition) is 4. The monoisotopic (exact) mass is 339 g/mol. The molecule has 6 heteroatoms. The molecule has 1 aliphatic heterocycles. The van der Waals surface area contributed by atoms with Gasteiger partial charge >= 0.3 is 13.2 Å². The predicted octanol–water partition coefficient (Wildman–Crippen LogP) is 3.24. The lowest BCUT2D eigenvalue weighted by Gasteiger charge is -2.19. The maximum atomic E-state index is 12.0. The van der Waals surface area contributed by atoms with Crippen LogP contribution in [-0.4, -0.2) is 18.2 Å². The van der Waals surface area contributed by atoms with Crippen LogP contribution in [0.3, 0.4) is 0 Å². The number of amides is 1. The van der Waals surface area contributed by atoms with Crippen molar-refractivity contribution >= 4 is 24.4 Å². The highest BCUT2D eigenvalue weighted by atomic mass is 16.5. The molecule has 1 amide bonds. The van der Waals surface area contributed by atoms with Gasteiger partial charge in [-0.25, -0.2) is 4.79 Å². The molecule has 0 fully saturated rings. The average Bonchev–Trinajstić information content (AvgIpc) is 2.96. The number of anilines is 1. The van der Waals surface area contributed by atoms with E-state index in [4.69, 9.17) is 9.39 Å². The zero-order valence-corrected chi connectivity index (χ0v) is 14.4. The Balaban J connectivity index is 1.64. The Morgan fingerprint density at radius 1 is 1.32 bits per heavy atom. The number of rotatable bonds is 5. The molecule has 2 N–H and O–H groups in total. The van der Waals surface area contributed by atoms with Crippen molar-refractivity contribution < 1.29 is 19.2 Å². The highest BCUT2D eigenvalue weighted by Gasteiger charge is 2.37. The van der Waals surface area contributed by atoms with E-state index in [9.17, 15) is 9.82 Å². The molecule has 25 heavy (non-hydrogen) atoms. The van der Waals surface area contributed by atoms with Crippen LogP contribution in [0.4, 0.5) is 10.5 Å². The van der Waals surface area contributed by atoms with Crippen LogP contribution in [0, 0.1) is 5.92 Å². The van der Waals surface area contributed by atoms with Crippen LogP contribution in [0.5, 0.6) is 0 Å². The topological polar surface area (TPSA) is 67.8 Å². The first kappa shape index (κ1) is 17.5. The molecule has 3 rings (SSSR count). The summed E-state index contributed by atoms with van der Waals surface area (Å²) < 4.78 is 10.9. The van der Waals surface area contributed by atoms with Gasteiger partial charge in [0, 0.05) is 5.69 Å². The maximum absolute atomic E-state index is 12.0. The van der Waals surface area contributed by atoms with E-state index in [1.165, 1.54) is 0 Å². The molecule has 0 aliphatic carbocycles. The van der Waals surface area contributed by atoms with Gasteiger partial charge in [0.15, 0.2) is 0 Å². The summed E-state index contributed by atoms with van der Waals surface area (Å²) >= 11 is 0. The number of nitrogens with one attached hydrogen (secondary N) is 1. The molecule has 2 atom stereocenters. The largest absolute Gasteiger partial charge is 0.492 e. The Bertz CT molecular complexity index is 737. The Morgan fingerprint density at radius 3 is 2.80 bits per heavy atom. The van der Waals surface area contributed by atoms with Crippen molar-refractivity contribution in [2.45, 2.75) is 33.0 Å². The second-order valence-corrected chi connectivity index (χ2v) is 6.33. The van der Waals surface area contributed by atoms with Crippen LogP contribution < -0.4 is 10.8 Å². The minimum Gasteiger partial charge on any atom is -0.444 e. The molecule has 2 aromatic rings. The highest BCUT2D eigenvalue weighted by Crippen LogP contribution is 2.33. The molecule has 2 aromatic carbocycles. The summed E-state index contributed by atoms with van der Waals surface area (Å²) in [7, 11) is -0.962. The SMILES string of the molecule is CCC(C)C1OB(O)c2cc(NC(=O)OCc3ccccc3)ccc21. The summed E-state index contributed by atoms with van der Waals surface area (Å²) in [6, 6.07) is 14.9. The van der Waals surface area contributed by atoms with Gasteiger partial charge in [0.1, 0.15) is 6.61 Å². The number of carbonyl (C=O) groups excluding carboxylic acids is 1. The van der Waals surface area contributed by atoms with E-state index in [1.54, 1.807) is 12.1 Å². The summed E-state index contributed by atoms with van der Waals surface area (Å²) in [6.07, 6.45) is 0.313. The van der Waals surface area contributed by atoms with Gasteiger partial charge in [-0.2, -0.15) is 0 Å². The van der Waals surface area contributed by atoms with Gasteiger partial charge in [-0.15, -0.1) is 0 Å². The summed E-state index contributed by atoms with van der Waals surface area (Å²) in [4.78, 5) is 12.0. The van der Waals surface area contributed by atoms with Gasteiger partial charge in [-0.1, -0.05) is 56.7 Å². The second-order valence-electron chi connectivity index (χ2n) is 6.33. The predicted molar refractivity (Wildman–Crippen MR) is 97.6 cm³/mol. The van der Waals surface area contributed by atoms with Crippen LogP contribution in [0.2, 0.25) is 0 Å². The van der Waals surface area contributed by atoms with Crippen molar-refractivity contribution in [1.82, 2.24) is 0 Å². The molecule has 1 aliphatic rings. The maximum Gasteiger partial charge on any atom is 0.492 e. The Morgan fingerprint density at radius 2 is 2.08 bits per heavy atom.